The first-order valence-electron chi connectivity index (χ1n) is 6.53. The van der Waals surface area contributed by atoms with E-state index in [0.717, 1.165) is 38.0 Å². The third-order valence-corrected chi connectivity index (χ3v) is 3.92. The fourth-order valence-corrected chi connectivity index (χ4v) is 2.65. The number of fused-ring (bicyclic) bond motifs is 1. The van der Waals surface area contributed by atoms with Crippen LogP contribution in [0.15, 0.2) is 30.6 Å². The monoisotopic (exact) mass is 242 g/mol. The van der Waals surface area contributed by atoms with E-state index in [0.29, 0.717) is 5.41 Å². The highest BCUT2D eigenvalue weighted by atomic mass is 16.5. The smallest absolute Gasteiger partial charge is 0.116 e. The molecule has 18 heavy (non-hydrogen) atoms. The summed E-state index contributed by atoms with van der Waals surface area (Å²) < 4.78 is 5.46. The SMILES string of the molecule is CC1(Cc2ncnc3ccccc23)CCOCC1. The zero-order chi connectivity index (χ0) is 12.4. The summed E-state index contributed by atoms with van der Waals surface area (Å²) in [6, 6.07) is 8.25. The molecule has 0 radical (unpaired) electrons. The van der Waals surface area contributed by atoms with Gasteiger partial charge in [0.2, 0.25) is 0 Å². The van der Waals surface area contributed by atoms with Crippen LogP contribution in [-0.2, 0) is 11.2 Å². The molecule has 1 fully saturated rings. The maximum Gasteiger partial charge on any atom is 0.116 e. The predicted molar refractivity (Wildman–Crippen MR) is 71.4 cm³/mol. The summed E-state index contributed by atoms with van der Waals surface area (Å²) in [5, 5.41) is 1.19. The third kappa shape index (κ3) is 2.23. The second-order valence-electron chi connectivity index (χ2n) is 5.44. The van der Waals surface area contributed by atoms with Gasteiger partial charge >= 0.3 is 0 Å². The second-order valence-corrected chi connectivity index (χ2v) is 5.44. The highest BCUT2D eigenvalue weighted by Crippen LogP contribution is 2.34. The molecule has 0 bridgehead atoms. The normalized spacial score (nSPS) is 18.9. The molecule has 1 aliphatic rings. The largest absolute Gasteiger partial charge is 0.381 e. The molecular formula is C15H18N2O. The first-order valence-corrected chi connectivity index (χ1v) is 6.53. The molecule has 1 aromatic carbocycles. The Morgan fingerprint density at radius 2 is 1.94 bits per heavy atom. The third-order valence-electron chi connectivity index (χ3n) is 3.92. The van der Waals surface area contributed by atoms with Crippen LogP contribution >= 0.6 is 0 Å². The van der Waals surface area contributed by atoms with E-state index in [1.54, 1.807) is 6.33 Å². The summed E-state index contributed by atoms with van der Waals surface area (Å²) in [6.07, 6.45) is 4.93. The van der Waals surface area contributed by atoms with Crippen LogP contribution in [0.3, 0.4) is 0 Å². The van der Waals surface area contributed by atoms with Crippen LogP contribution in [-0.4, -0.2) is 23.2 Å². The van der Waals surface area contributed by atoms with Gasteiger partial charge in [0.25, 0.3) is 0 Å². The lowest BCUT2D eigenvalue weighted by Crippen LogP contribution is -2.29. The van der Waals surface area contributed by atoms with Gasteiger partial charge in [0.1, 0.15) is 6.33 Å². The standard InChI is InChI=1S/C15H18N2O/c1-15(6-8-18-9-7-15)10-14-12-4-2-3-5-13(12)16-11-17-14/h2-5,11H,6-10H2,1H3. The van der Waals surface area contributed by atoms with Crippen molar-refractivity contribution in [1.29, 1.82) is 0 Å². The number of hydrogen-bond donors (Lipinski definition) is 0. The predicted octanol–water partition coefficient (Wildman–Crippen LogP) is 2.99. The van der Waals surface area contributed by atoms with Gasteiger partial charge in [0, 0.05) is 18.6 Å². The molecule has 0 saturated carbocycles. The lowest BCUT2D eigenvalue weighted by Gasteiger charge is -2.33. The van der Waals surface area contributed by atoms with E-state index < -0.39 is 0 Å². The van der Waals surface area contributed by atoms with E-state index in [-0.39, 0.29) is 0 Å². The van der Waals surface area contributed by atoms with Gasteiger partial charge in [-0.15, -0.1) is 0 Å². The van der Waals surface area contributed by atoms with Crippen molar-refractivity contribution in [2.24, 2.45) is 5.41 Å². The fourth-order valence-electron chi connectivity index (χ4n) is 2.65. The van der Waals surface area contributed by atoms with Crippen molar-refractivity contribution >= 4 is 10.9 Å². The van der Waals surface area contributed by atoms with Gasteiger partial charge in [-0.05, 0) is 30.7 Å². The summed E-state index contributed by atoms with van der Waals surface area (Å²) in [7, 11) is 0. The van der Waals surface area contributed by atoms with E-state index in [1.165, 1.54) is 11.1 Å². The number of aromatic nitrogens is 2. The van der Waals surface area contributed by atoms with Crippen molar-refractivity contribution in [1.82, 2.24) is 9.97 Å². The Balaban J connectivity index is 1.94. The highest BCUT2D eigenvalue weighted by Gasteiger charge is 2.28. The number of benzene rings is 1. The Kier molecular flexibility index (Phi) is 3.00. The first kappa shape index (κ1) is 11.6. The van der Waals surface area contributed by atoms with Crippen LogP contribution in [0.25, 0.3) is 10.9 Å². The lowest BCUT2D eigenvalue weighted by atomic mass is 9.78. The van der Waals surface area contributed by atoms with Crippen LogP contribution in [0.5, 0.6) is 0 Å². The van der Waals surface area contributed by atoms with Gasteiger partial charge in [-0.2, -0.15) is 0 Å². The van der Waals surface area contributed by atoms with Gasteiger partial charge < -0.3 is 4.74 Å². The van der Waals surface area contributed by atoms with Crippen LogP contribution in [0.1, 0.15) is 25.5 Å². The van der Waals surface area contributed by atoms with Crippen molar-refractivity contribution in [3.8, 4) is 0 Å². The Morgan fingerprint density at radius 1 is 1.17 bits per heavy atom. The first-order chi connectivity index (χ1) is 8.77. The summed E-state index contributed by atoms with van der Waals surface area (Å²) >= 11 is 0. The summed E-state index contributed by atoms with van der Waals surface area (Å²) in [6.45, 7) is 4.09. The lowest BCUT2D eigenvalue weighted by molar-refractivity contribution is 0.0238. The molecule has 2 aromatic rings. The minimum absolute atomic E-state index is 0.315. The fraction of sp³-hybridized carbons (Fsp3) is 0.467. The van der Waals surface area contributed by atoms with E-state index in [2.05, 4.69) is 29.0 Å². The molecule has 3 rings (SSSR count). The van der Waals surface area contributed by atoms with Crippen molar-refractivity contribution in [2.45, 2.75) is 26.2 Å². The van der Waals surface area contributed by atoms with Gasteiger partial charge in [0.15, 0.2) is 0 Å². The Bertz CT molecular complexity index is 542. The molecule has 0 N–H and O–H groups in total. The van der Waals surface area contributed by atoms with Gasteiger partial charge in [0.05, 0.1) is 11.2 Å². The van der Waals surface area contributed by atoms with Crippen LogP contribution < -0.4 is 0 Å². The van der Waals surface area contributed by atoms with Crippen LogP contribution in [0.4, 0.5) is 0 Å². The molecule has 2 heterocycles. The number of hydrogen-bond acceptors (Lipinski definition) is 3. The zero-order valence-electron chi connectivity index (χ0n) is 10.7. The zero-order valence-corrected chi connectivity index (χ0v) is 10.7. The molecule has 0 unspecified atom stereocenters. The van der Waals surface area contributed by atoms with E-state index >= 15 is 0 Å². The molecule has 0 amide bonds. The molecule has 94 valence electrons. The van der Waals surface area contributed by atoms with Crippen molar-refractivity contribution in [2.75, 3.05) is 13.2 Å². The average Bonchev–Trinajstić information content (AvgIpc) is 2.40. The van der Waals surface area contributed by atoms with Crippen LogP contribution in [0.2, 0.25) is 0 Å². The molecule has 0 atom stereocenters. The van der Waals surface area contributed by atoms with Gasteiger partial charge in [-0.3, -0.25) is 0 Å². The molecular weight excluding hydrogens is 224 g/mol. The number of ether oxygens (including phenoxy) is 1. The van der Waals surface area contributed by atoms with Crippen LogP contribution in [0, 0.1) is 5.41 Å². The Morgan fingerprint density at radius 3 is 2.78 bits per heavy atom. The maximum atomic E-state index is 5.46. The maximum absolute atomic E-state index is 5.46. The molecule has 0 aliphatic carbocycles. The Labute approximate surface area is 107 Å². The topological polar surface area (TPSA) is 35.0 Å². The molecule has 3 heteroatoms. The minimum atomic E-state index is 0.315. The number of rotatable bonds is 2. The highest BCUT2D eigenvalue weighted by molar-refractivity contribution is 5.80. The van der Waals surface area contributed by atoms with E-state index in [4.69, 9.17) is 4.74 Å². The van der Waals surface area contributed by atoms with E-state index in [1.807, 2.05) is 12.1 Å². The molecule has 0 spiro atoms. The van der Waals surface area contributed by atoms with Crippen molar-refractivity contribution in [3.63, 3.8) is 0 Å². The molecule has 1 saturated heterocycles. The average molecular weight is 242 g/mol. The Hall–Kier alpha value is -1.48. The number of para-hydroxylation sites is 1. The van der Waals surface area contributed by atoms with Gasteiger partial charge in [-0.25, -0.2) is 9.97 Å². The molecule has 3 nitrogen and oxygen atoms in total. The number of nitrogens with zero attached hydrogens (tertiary/aromatic N) is 2. The van der Waals surface area contributed by atoms with E-state index in [9.17, 15) is 0 Å². The van der Waals surface area contributed by atoms with Gasteiger partial charge in [-0.1, -0.05) is 25.1 Å². The molecule has 1 aromatic heterocycles. The minimum Gasteiger partial charge on any atom is -0.381 e. The van der Waals surface area contributed by atoms with Crippen molar-refractivity contribution in [3.05, 3.63) is 36.3 Å². The summed E-state index contributed by atoms with van der Waals surface area (Å²) in [5.74, 6) is 0. The quantitative estimate of drug-likeness (QED) is 0.812. The molecule has 1 aliphatic heterocycles. The summed E-state index contributed by atoms with van der Waals surface area (Å²) in [4.78, 5) is 8.82. The summed E-state index contributed by atoms with van der Waals surface area (Å²) in [5.41, 5.74) is 2.53. The second kappa shape index (κ2) is 4.65. The van der Waals surface area contributed by atoms with Crippen molar-refractivity contribution < 1.29 is 4.74 Å².